The number of hydrogen-bond acceptors (Lipinski definition) is 5. The fraction of sp³-hybridized carbons (Fsp3) is 0.750. The van der Waals surface area contributed by atoms with Gasteiger partial charge in [0.1, 0.15) is 12.3 Å². The Morgan fingerprint density at radius 1 is 1.37 bits per heavy atom. The molecule has 3 aliphatic rings. The fourth-order valence-corrected chi connectivity index (χ4v) is 5.06. The maximum Gasteiger partial charge on any atom is 0.328 e. The first-order valence-corrected chi connectivity index (χ1v) is 9.88. The highest BCUT2D eigenvalue weighted by Gasteiger charge is 2.69. The molecule has 0 aromatic carbocycles. The molecule has 4 rings (SSSR count). The van der Waals surface area contributed by atoms with Crippen LogP contribution in [0.2, 0.25) is 0 Å². The second-order valence-electron chi connectivity index (χ2n) is 8.69. The van der Waals surface area contributed by atoms with Crippen LogP contribution in [0.15, 0.2) is 6.07 Å². The van der Waals surface area contributed by atoms with Crippen molar-refractivity contribution >= 4 is 11.9 Å². The zero-order valence-electron chi connectivity index (χ0n) is 16.6. The van der Waals surface area contributed by atoms with Gasteiger partial charge in [0.25, 0.3) is 0 Å². The van der Waals surface area contributed by atoms with E-state index in [1.165, 1.54) is 7.11 Å². The van der Waals surface area contributed by atoms with Crippen molar-refractivity contribution < 1.29 is 19.1 Å². The lowest BCUT2D eigenvalue weighted by atomic mass is 10.0. The summed E-state index contributed by atoms with van der Waals surface area (Å²) in [4.78, 5) is 27.2. The smallest absolute Gasteiger partial charge is 0.328 e. The third-order valence-electron chi connectivity index (χ3n) is 6.67. The Balaban J connectivity index is 1.52. The molecule has 2 saturated heterocycles. The lowest BCUT2D eigenvalue weighted by molar-refractivity contribution is -0.152. The number of hydrogen-bond donors (Lipinski definition) is 0. The van der Waals surface area contributed by atoms with Gasteiger partial charge in [0.05, 0.1) is 24.9 Å². The van der Waals surface area contributed by atoms with E-state index >= 15 is 0 Å². The number of aromatic nitrogens is 2. The van der Waals surface area contributed by atoms with Crippen molar-refractivity contribution in [3.63, 3.8) is 0 Å². The van der Waals surface area contributed by atoms with E-state index in [2.05, 4.69) is 18.9 Å². The van der Waals surface area contributed by atoms with Crippen LogP contribution in [0.3, 0.4) is 0 Å². The van der Waals surface area contributed by atoms with Crippen LogP contribution >= 0.6 is 0 Å². The van der Waals surface area contributed by atoms with Gasteiger partial charge in [0.2, 0.25) is 5.91 Å². The summed E-state index contributed by atoms with van der Waals surface area (Å²) in [6.45, 7) is 7.62. The lowest BCUT2D eigenvalue weighted by Crippen LogP contribution is -2.46. The number of carbonyl (C=O) groups excluding carboxylic acids is 2. The van der Waals surface area contributed by atoms with Crippen LogP contribution in [0, 0.1) is 24.2 Å². The minimum Gasteiger partial charge on any atom is -0.467 e. The van der Waals surface area contributed by atoms with Crippen LogP contribution in [0.25, 0.3) is 0 Å². The van der Waals surface area contributed by atoms with Gasteiger partial charge in [-0.1, -0.05) is 13.8 Å². The number of piperidine rings is 1. The van der Waals surface area contributed by atoms with Gasteiger partial charge in [-0.2, -0.15) is 5.10 Å². The number of esters is 1. The summed E-state index contributed by atoms with van der Waals surface area (Å²) in [5, 5.41) is 4.56. The van der Waals surface area contributed by atoms with Gasteiger partial charge in [0, 0.05) is 19.1 Å². The molecule has 3 heterocycles. The molecule has 2 aliphatic heterocycles. The number of likely N-dealkylation sites (tertiary alicyclic amines) is 1. The summed E-state index contributed by atoms with van der Waals surface area (Å²) >= 11 is 0. The number of methoxy groups -OCH3 is 1. The fourth-order valence-electron chi connectivity index (χ4n) is 5.06. The van der Waals surface area contributed by atoms with Gasteiger partial charge in [-0.25, -0.2) is 9.48 Å². The number of nitrogens with zero attached hydrogens (tertiary/aromatic N) is 3. The number of carbonyl (C=O) groups is 2. The number of aryl methyl sites for hydroxylation is 1. The van der Waals surface area contributed by atoms with Crippen LogP contribution in [-0.4, -0.2) is 52.9 Å². The van der Waals surface area contributed by atoms with Crippen LogP contribution < -0.4 is 0 Å². The summed E-state index contributed by atoms with van der Waals surface area (Å²) in [5.41, 5.74) is 1.83. The third-order valence-corrected chi connectivity index (χ3v) is 6.67. The molecule has 0 spiro atoms. The Bertz CT molecular complexity index is 750. The van der Waals surface area contributed by atoms with Gasteiger partial charge in [-0.05, 0) is 43.6 Å². The van der Waals surface area contributed by atoms with Crippen molar-refractivity contribution in [3.8, 4) is 0 Å². The zero-order valence-corrected chi connectivity index (χ0v) is 16.6. The number of ether oxygens (including phenoxy) is 2. The van der Waals surface area contributed by atoms with Gasteiger partial charge in [-0.3, -0.25) is 4.79 Å². The van der Waals surface area contributed by atoms with E-state index in [1.54, 1.807) is 4.90 Å². The topological polar surface area (TPSA) is 73.7 Å². The molecule has 1 amide bonds. The van der Waals surface area contributed by atoms with Crippen molar-refractivity contribution in [1.82, 2.24) is 14.7 Å². The first kappa shape index (κ1) is 18.5. The Labute approximate surface area is 160 Å². The average Bonchev–Trinajstić information content (AvgIpc) is 3.01. The van der Waals surface area contributed by atoms with E-state index < -0.39 is 6.04 Å². The molecule has 0 radical (unpaired) electrons. The SMILES string of the molecule is COC(=O)[C@@H]1[C@@H]2[C@H](CN1C(=O)Cc1cc(C)nn1C1CCCCO1)C2(C)C. The Morgan fingerprint density at radius 2 is 2.15 bits per heavy atom. The summed E-state index contributed by atoms with van der Waals surface area (Å²) in [6, 6.07) is 1.48. The number of rotatable bonds is 4. The standard InChI is InChI=1S/C20H29N3O4/c1-12-9-13(23(21-12)16-7-5-6-8-27-16)10-15(24)22-11-14-17(20(14,2)3)18(22)19(25)26-4/h9,14,16-18H,5-8,10-11H2,1-4H3/t14-,16?,17-,18-/m0/s1. The number of fused-ring (bicyclic) bond motifs is 1. The molecule has 0 N–H and O–H groups in total. The highest BCUT2D eigenvalue weighted by atomic mass is 16.5. The third kappa shape index (κ3) is 3.06. The molecule has 7 heteroatoms. The van der Waals surface area contributed by atoms with Crippen molar-refractivity contribution in [2.45, 2.75) is 58.7 Å². The predicted molar refractivity (Wildman–Crippen MR) is 97.8 cm³/mol. The summed E-state index contributed by atoms with van der Waals surface area (Å²) in [5.74, 6) is 0.230. The second-order valence-corrected chi connectivity index (χ2v) is 8.69. The molecule has 3 fully saturated rings. The Morgan fingerprint density at radius 3 is 2.81 bits per heavy atom. The van der Waals surface area contributed by atoms with Gasteiger partial charge < -0.3 is 14.4 Å². The van der Waals surface area contributed by atoms with Crippen LogP contribution in [0.5, 0.6) is 0 Å². The molecule has 0 bridgehead atoms. The van der Waals surface area contributed by atoms with Crippen molar-refractivity contribution in [2.24, 2.45) is 17.3 Å². The number of amides is 1. The molecule has 7 nitrogen and oxygen atoms in total. The van der Waals surface area contributed by atoms with E-state index in [1.807, 2.05) is 17.7 Å². The maximum atomic E-state index is 13.1. The highest BCUT2D eigenvalue weighted by Crippen LogP contribution is 2.65. The molecular weight excluding hydrogens is 346 g/mol. The molecule has 27 heavy (non-hydrogen) atoms. The second kappa shape index (κ2) is 6.62. The quantitative estimate of drug-likeness (QED) is 0.754. The van der Waals surface area contributed by atoms with E-state index in [4.69, 9.17) is 9.47 Å². The van der Waals surface area contributed by atoms with Crippen molar-refractivity contribution in [1.29, 1.82) is 0 Å². The molecule has 1 aromatic rings. The highest BCUT2D eigenvalue weighted by molar-refractivity contribution is 5.87. The average molecular weight is 375 g/mol. The first-order valence-electron chi connectivity index (χ1n) is 9.88. The largest absolute Gasteiger partial charge is 0.467 e. The van der Waals surface area contributed by atoms with E-state index in [-0.39, 0.29) is 35.9 Å². The summed E-state index contributed by atoms with van der Waals surface area (Å²) in [7, 11) is 1.40. The molecule has 1 saturated carbocycles. The zero-order chi connectivity index (χ0) is 19.3. The van der Waals surface area contributed by atoms with E-state index in [0.29, 0.717) is 12.5 Å². The summed E-state index contributed by atoms with van der Waals surface area (Å²) in [6.07, 6.45) is 3.21. The maximum absolute atomic E-state index is 13.1. The minimum absolute atomic E-state index is 0.0367. The minimum atomic E-state index is -0.467. The van der Waals surface area contributed by atoms with Gasteiger partial charge in [0.15, 0.2) is 0 Å². The van der Waals surface area contributed by atoms with Crippen LogP contribution in [0.1, 0.15) is 50.7 Å². The lowest BCUT2D eigenvalue weighted by Gasteiger charge is -2.29. The van der Waals surface area contributed by atoms with Crippen molar-refractivity contribution in [2.75, 3.05) is 20.3 Å². The van der Waals surface area contributed by atoms with Gasteiger partial charge >= 0.3 is 5.97 Å². The Kier molecular flexibility index (Phi) is 4.53. The normalized spacial score (nSPS) is 31.5. The van der Waals surface area contributed by atoms with Crippen molar-refractivity contribution in [3.05, 3.63) is 17.5 Å². The van der Waals surface area contributed by atoms with Crippen LogP contribution in [0.4, 0.5) is 0 Å². The molecule has 148 valence electrons. The van der Waals surface area contributed by atoms with E-state index in [0.717, 1.165) is 37.3 Å². The monoisotopic (exact) mass is 375 g/mol. The Hall–Kier alpha value is -1.89. The first-order chi connectivity index (χ1) is 12.8. The summed E-state index contributed by atoms with van der Waals surface area (Å²) < 4.78 is 12.7. The van der Waals surface area contributed by atoms with Crippen LogP contribution in [-0.2, 0) is 25.5 Å². The molecule has 4 atom stereocenters. The molecule has 1 aromatic heterocycles. The van der Waals surface area contributed by atoms with E-state index in [9.17, 15) is 9.59 Å². The molecule has 1 aliphatic carbocycles. The van der Waals surface area contributed by atoms with Gasteiger partial charge in [-0.15, -0.1) is 0 Å². The molecule has 1 unspecified atom stereocenters. The molecular formula is C20H29N3O4. The predicted octanol–water partition coefficient (Wildman–Crippen LogP) is 2.09.